The van der Waals surface area contributed by atoms with Gasteiger partial charge in [-0.1, -0.05) is 37.0 Å². The lowest BCUT2D eigenvalue weighted by atomic mass is 9.75. The van der Waals surface area contributed by atoms with Crippen LogP contribution in [0.3, 0.4) is 0 Å². The van der Waals surface area contributed by atoms with E-state index in [-0.39, 0.29) is 0 Å². The molecular formula is C17H26N2. The summed E-state index contributed by atoms with van der Waals surface area (Å²) in [6, 6.07) is 6.75. The molecule has 2 heteroatoms. The van der Waals surface area contributed by atoms with E-state index in [1.165, 1.54) is 62.0 Å². The Balaban J connectivity index is 1.79. The van der Waals surface area contributed by atoms with E-state index >= 15 is 0 Å². The summed E-state index contributed by atoms with van der Waals surface area (Å²) in [5.74, 6) is 1.92. The maximum Gasteiger partial charge on any atom is 0.0412 e. The summed E-state index contributed by atoms with van der Waals surface area (Å²) in [6.07, 6.45) is 7.18. The van der Waals surface area contributed by atoms with Crippen molar-refractivity contribution in [1.82, 2.24) is 0 Å². The third-order valence-electron chi connectivity index (χ3n) is 5.09. The van der Waals surface area contributed by atoms with Crippen molar-refractivity contribution in [3.63, 3.8) is 0 Å². The molecule has 19 heavy (non-hydrogen) atoms. The summed E-state index contributed by atoms with van der Waals surface area (Å²) in [4.78, 5) is 2.59. The van der Waals surface area contributed by atoms with Crippen LogP contribution in [0.1, 0.15) is 43.2 Å². The number of piperidine rings is 1. The number of nitrogens with zero attached hydrogens (tertiary/aromatic N) is 1. The second-order valence-electron chi connectivity index (χ2n) is 6.38. The van der Waals surface area contributed by atoms with E-state index in [1.807, 2.05) is 0 Å². The molecule has 3 rings (SSSR count). The highest BCUT2D eigenvalue weighted by molar-refractivity contribution is 5.55. The van der Waals surface area contributed by atoms with Crippen LogP contribution in [0.15, 0.2) is 18.2 Å². The zero-order chi connectivity index (χ0) is 13.2. The van der Waals surface area contributed by atoms with Crippen molar-refractivity contribution in [2.75, 3.05) is 18.0 Å². The van der Waals surface area contributed by atoms with Gasteiger partial charge in [-0.25, -0.2) is 0 Å². The van der Waals surface area contributed by atoms with Crippen molar-refractivity contribution < 1.29 is 0 Å². The monoisotopic (exact) mass is 258 g/mol. The number of nitrogens with two attached hydrogens (primary N) is 1. The first-order valence-corrected chi connectivity index (χ1v) is 7.82. The third-order valence-corrected chi connectivity index (χ3v) is 5.09. The van der Waals surface area contributed by atoms with Crippen molar-refractivity contribution in [3.8, 4) is 0 Å². The molecule has 2 nitrogen and oxygen atoms in total. The number of hydrogen-bond acceptors (Lipinski definition) is 2. The predicted molar refractivity (Wildman–Crippen MR) is 81.3 cm³/mol. The zero-order valence-corrected chi connectivity index (χ0v) is 12.1. The van der Waals surface area contributed by atoms with E-state index < -0.39 is 0 Å². The lowest BCUT2D eigenvalue weighted by Gasteiger charge is -2.43. The molecule has 1 aromatic carbocycles. The molecule has 2 N–H and O–H groups in total. The highest BCUT2D eigenvalue weighted by Crippen LogP contribution is 2.38. The number of hydrogen-bond donors (Lipinski definition) is 1. The lowest BCUT2D eigenvalue weighted by Crippen LogP contribution is -2.42. The molecule has 104 valence electrons. The van der Waals surface area contributed by atoms with Crippen LogP contribution in [0.25, 0.3) is 0 Å². The van der Waals surface area contributed by atoms with Gasteiger partial charge in [0, 0.05) is 25.3 Å². The third kappa shape index (κ3) is 2.64. The topological polar surface area (TPSA) is 29.3 Å². The van der Waals surface area contributed by atoms with Crippen LogP contribution < -0.4 is 10.6 Å². The van der Waals surface area contributed by atoms with Crippen molar-refractivity contribution in [2.45, 2.75) is 45.6 Å². The van der Waals surface area contributed by atoms with Gasteiger partial charge in [-0.3, -0.25) is 0 Å². The molecule has 0 spiro atoms. The van der Waals surface area contributed by atoms with E-state index in [4.69, 9.17) is 5.73 Å². The first-order valence-electron chi connectivity index (χ1n) is 7.82. The Kier molecular flexibility index (Phi) is 3.79. The fourth-order valence-corrected chi connectivity index (χ4v) is 4.01. The van der Waals surface area contributed by atoms with E-state index in [2.05, 4.69) is 30.0 Å². The minimum absolute atomic E-state index is 0.654. The van der Waals surface area contributed by atoms with Crippen LogP contribution in [0, 0.1) is 18.8 Å². The number of rotatable bonds is 2. The van der Waals surface area contributed by atoms with Crippen molar-refractivity contribution in [3.05, 3.63) is 29.3 Å². The fourth-order valence-electron chi connectivity index (χ4n) is 4.01. The van der Waals surface area contributed by atoms with E-state index in [0.717, 1.165) is 11.8 Å². The molecule has 1 heterocycles. The van der Waals surface area contributed by atoms with Crippen molar-refractivity contribution in [2.24, 2.45) is 17.6 Å². The Hall–Kier alpha value is -1.02. The SMILES string of the molecule is Cc1ccc(N2CCC3CCCCC3C2)c(CN)c1. The molecule has 1 saturated heterocycles. The molecule has 2 aliphatic rings. The van der Waals surface area contributed by atoms with Gasteiger partial charge < -0.3 is 10.6 Å². The lowest BCUT2D eigenvalue weighted by molar-refractivity contribution is 0.202. The molecule has 0 aromatic heterocycles. The number of benzene rings is 1. The average molecular weight is 258 g/mol. The molecule has 1 aliphatic heterocycles. The maximum absolute atomic E-state index is 5.93. The van der Waals surface area contributed by atoms with Crippen molar-refractivity contribution in [1.29, 1.82) is 0 Å². The Morgan fingerprint density at radius 3 is 2.74 bits per heavy atom. The zero-order valence-electron chi connectivity index (χ0n) is 12.1. The van der Waals surface area contributed by atoms with Crippen LogP contribution in [-0.2, 0) is 6.54 Å². The normalized spacial score (nSPS) is 27.2. The largest absolute Gasteiger partial charge is 0.371 e. The number of aryl methyl sites for hydroxylation is 1. The molecule has 1 aliphatic carbocycles. The van der Waals surface area contributed by atoms with Gasteiger partial charge in [-0.2, -0.15) is 0 Å². The van der Waals surface area contributed by atoms with Gasteiger partial charge in [-0.05, 0) is 43.2 Å². The average Bonchev–Trinajstić information content (AvgIpc) is 2.46. The number of anilines is 1. The van der Waals surface area contributed by atoms with E-state index in [9.17, 15) is 0 Å². The van der Waals surface area contributed by atoms with Gasteiger partial charge in [0.2, 0.25) is 0 Å². The molecular weight excluding hydrogens is 232 g/mol. The highest BCUT2D eigenvalue weighted by Gasteiger charge is 2.31. The molecule has 1 aromatic rings. The van der Waals surface area contributed by atoms with Crippen molar-refractivity contribution >= 4 is 5.69 Å². The molecule has 2 fully saturated rings. The second kappa shape index (κ2) is 5.54. The first-order chi connectivity index (χ1) is 9.28. The smallest absolute Gasteiger partial charge is 0.0412 e. The highest BCUT2D eigenvalue weighted by atomic mass is 15.1. The molecule has 1 saturated carbocycles. The quantitative estimate of drug-likeness (QED) is 0.880. The Morgan fingerprint density at radius 1 is 1.16 bits per heavy atom. The summed E-state index contributed by atoms with van der Waals surface area (Å²) in [5.41, 5.74) is 9.95. The maximum atomic E-state index is 5.93. The van der Waals surface area contributed by atoms with Crippen LogP contribution >= 0.6 is 0 Å². The van der Waals surface area contributed by atoms with Gasteiger partial charge in [0.15, 0.2) is 0 Å². The molecule has 0 amide bonds. The standard InChI is InChI=1S/C17H26N2/c1-13-6-7-17(16(10-13)11-18)19-9-8-14-4-2-3-5-15(14)12-19/h6-7,10,14-15H,2-5,8-9,11-12,18H2,1H3. The number of fused-ring (bicyclic) bond motifs is 1. The summed E-state index contributed by atoms with van der Waals surface area (Å²) in [5, 5.41) is 0. The van der Waals surface area contributed by atoms with Crippen LogP contribution in [0.2, 0.25) is 0 Å². The Bertz CT molecular complexity index is 441. The molecule has 0 radical (unpaired) electrons. The summed E-state index contributed by atoms with van der Waals surface area (Å²) >= 11 is 0. The van der Waals surface area contributed by atoms with Gasteiger partial charge in [0.05, 0.1) is 0 Å². The Morgan fingerprint density at radius 2 is 1.95 bits per heavy atom. The van der Waals surface area contributed by atoms with Crippen LogP contribution in [0.4, 0.5) is 5.69 Å². The van der Waals surface area contributed by atoms with Gasteiger partial charge >= 0.3 is 0 Å². The van der Waals surface area contributed by atoms with Gasteiger partial charge in [0.25, 0.3) is 0 Å². The fraction of sp³-hybridized carbons (Fsp3) is 0.647. The molecule has 2 unspecified atom stereocenters. The molecule has 0 bridgehead atoms. The van der Waals surface area contributed by atoms with Crippen LogP contribution in [0.5, 0.6) is 0 Å². The van der Waals surface area contributed by atoms with Gasteiger partial charge in [0.1, 0.15) is 0 Å². The Labute approximate surface area is 117 Å². The second-order valence-corrected chi connectivity index (χ2v) is 6.38. The first kappa shape index (κ1) is 13.0. The summed E-state index contributed by atoms with van der Waals surface area (Å²) < 4.78 is 0. The predicted octanol–water partition coefficient (Wildman–Crippen LogP) is 3.47. The minimum Gasteiger partial charge on any atom is -0.371 e. The summed E-state index contributed by atoms with van der Waals surface area (Å²) in [7, 11) is 0. The summed E-state index contributed by atoms with van der Waals surface area (Å²) in [6.45, 7) is 5.27. The van der Waals surface area contributed by atoms with Crippen LogP contribution in [-0.4, -0.2) is 13.1 Å². The minimum atomic E-state index is 0.654. The van der Waals surface area contributed by atoms with E-state index in [0.29, 0.717) is 6.54 Å². The molecule has 2 atom stereocenters. The van der Waals surface area contributed by atoms with E-state index in [1.54, 1.807) is 0 Å². The van der Waals surface area contributed by atoms with Gasteiger partial charge in [-0.15, -0.1) is 0 Å².